The minimum Gasteiger partial charge on any atom is -0.335 e. The Bertz CT molecular complexity index is 709. The first-order valence-corrected chi connectivity index (χ1v) is 9.31. The van der Waals surface area contributed by atoms with Crippen LogP contribution in [0.15, 0.2) is 42.5 Å². The first kappa shape index (κ1) is 15.6. The van der Waals surface area contributed by atoms with Crippen molar-refractivity contribution in [2.45, 2.75) is 44.7 Å². The van der Waals surface area contributed by atoms with Crippen molar-refractivity contribution in [1.29, 1.82) is 0 Å². The maximum atomic E-state index is 13.2. The minimum atomic E-state index is 0.167. The molecule has 1 heterocycles. The highest BCUT2D eigenvalue weighted by Crippen LogP contribution is 2.29. The van der Waals surface area contributed by atoms with Gasteiger partial charge in [0, 0.05) is 19.1 Å². The molecule has 2 aromatic carbocycles. The summed E-state index contributed by atoms with van der Waals surface area (Å²) >= 11 is 0. The molecule has 1 aliphatic carbocycles. The molecule has 4 rings (SSSR count). The zero-order chi connectivity index (χ0) is 16.4. The molecule has 1 unspecified atom stereocenters. The van der Waals surface area contributed by atoms with Crippen LogP contribution in [-0.2, 0) is 11.3 Å². The molecular weight excluding hydrogens is 296 g/mol. The summed E-state index contributed by atoms with van der Waals surface area (Å²) < 4.78 is 0. The molecule has 24 heavy (non-hydrogen) atoms. The van der Waals surface area contributed by atoms with E-state index in [4.69, 9.17) is 0 Å². The average Bonchev–Trinajstić information content (AvgIpc) is 3.32. The highest BCUT2D eigenvalue weighted by atomic mass is 16.2. The summed E-state index contributed by atoms with van der Waals surface area (Å²) in [7, 11) is 0. The maximum Gasteiger partial charge on any atom is 0.227 e. The topological polar surface area (TPSA) is 32.3 Å². The third kappa shape index (κ3) is 3.05. The predicted molar refractivity (Wildman–Crippen MR) is 97.7 cm³/mol. The number of carbonyl (C=O) groups excluding carboxylic acids is 1. The van der Waals surface area contributed by atoms with E-state index in [0.717, 1.165) is 38.9 Å². The molecular formula is C21H26N2O. The second-order valence-corrected chi connectivity index (χ2v) is 7.23. The van der Waals surface area contributed by atoms with Gasteiger partial charge >= 0.3 is 0 Å². The van der Waals surface area contributed by atoms with E-state index in [2.05, 4.69) is 52.7 Å². The molecule has 1 atom stereocenters. The Morgan fingerprint density at radius 2 is 1.83 bits per heavy atom. The fourth-order valence-electron chi connectivity index (χ4n) is 4.32. The number of nitrogens with zero attached hydrogens (tertiary/aromatic N) is 1. The Morgan fingerprint density at radius 3 is 2.62 bits per heavy atom. The van der Waals surface area contributed by atoms with Crippen LogP contribution >= 0.6 is 0 Å². The summed E-state index contributed by atoms with van der Waals surface area (Å²) in [6.07, 6.45) is 5.82. The van der Waals surface area contributed by atoms with Gasteiger partial charge in [-0.05, 0) is 42.1 Å². The lowest BCUT2D eigenvalue weighted by Crippen LogP contribution is -2.42. The van der Waals surface area contributed by atoms with E-state index in [1.807, 2.05) is 0 Å². The number of amides is 1. The number of carbonyl (C=O) groups is 1. The maximum absolute atomic E-state index is 13.2. The smallest absolute Gasteiger partial charge is 0.227 e. The number of rotatable bonds is 4. The molecule has 1 aliphatic heterocycles. The second kappa shape index (κ2) is 6.94. The number of benzene rings is 2. The van der Waals surface area contributed by atoms with Crippen molar-refractivity contribution < 1.29 is 4.79 Å². The van der Waals surface area contributed by atoms with Crippen LogP contribution in [0.4, 0.5) is 0 Å². The van der Waals surface area contributed by atoms with E-state index < -0.39 is 0 Å². The lowest BCUT2D eigenvalue weighted by molar-refractivity contribution is -0.137. The molecule has 3 heteroatoms. The normalized spacial score (nSPS) is 21.4. The summed E-state index contributed by atoms with van der Waals surface area (Å²) in [4.78, 5) is 15.4. The summed E-state index contributed by atoms with van der Waals surface area (Å²) in [6, 6.07) is 15.4. The van der Waals surface area contributed by atoms with Crippen molar-refractivity contribution in [3.05, 3.63) is 48.0 Å². The summed E-state index contributed by atoms with van der Waals surface area (Å²) in [5.41, 5.74) is 1.28. The van der Waals surface area contributed by atoms with Crippen molar-refractivity contribution in [3.63, 3.8) is 0 Å². The molecule has 1 N–H and O–H groups in total. The Labute approximate surface area is 144 Å². The first-order valence-electron chi connectivity index (χ1n) is 9.31. The summed E-state index contributed by atoms with van der Waals surface area (Å²) in [5.74, 6) is 0.528. The van der Waals surface area contributed by atoms with Crippen molar-refractivity contribution in [1.82, 2.24) is 10.2 Å². The minimum absolute atomic E-state index is 0.167. The van der Waals surface area contributed by atoms with Gasteiger partial charge in [0.15, 0.2) is 0 Å². The Morgan fingerprint density at radius 1 is 1.04 bits per heavy atom. The van der Waals surface area contributed by atoms with Crippen LogP contribution in [-0.4, -0.2) is 29.9 Å². The molecule has 1 amide bonds. The van der Waals surface area contributed by atoms with Gasteiger partial charge in [-0.15, -0.1) is 0 Å². The molecule has 2 aliphatic rings. The number of hydrogen-bond acceptors (Lipinski definition) is 2. The number of nitrogens with one attached hydrogen (secondary N) is 1. The van der Waals surface area contributed by atoms with Gasteiger partial charge in [0.1, 0.15) is 0 Å². The first-order chi connectivity index (χ1) is 11.8. The molecule has 0 radical (unpaired) electrons. The predicted octanol–water partition coefficient (Wildman–Crippen LogP) is 3.72. The van der Waals surface area contributed by atoms with Crippen LogP contribution in [0, 0.1) is 5.92 Å². The van der Waals surface area contributed by atoms with E-state index in [0.29, 0.717) is 11.9 Å². The highest BCUT2D eigenvalue weighted by molar-refractivity contribution is 5.86. The zero-order valence-corrected chi connectivity index (χ0v) is 14.2. The van der Waals surface area contributed by atoms with Gasteiger partial charge in [0.05, 0.1) is 5.92 Å². The van der Waals surface area contributed by atoms with Gasteiger partial charge < -0.3 is 10.2 Å². The highest BCUT2D eigenvalue weighted by Gasteiger charge is 2.32. The fourth-order valence-corrected chi connectivity index (χ4v) is 4.32. The molecule has 0 spiro atoms. The van der Waals surface area contributed by atoms with Crippen LogP contribution in [0.5, 0.6) is 0 Å². The van der Waals surface area contributed by atoms with Crippen molar-refractivity contribution in [2.75, 3.05) is 13.1 Å². The summed E-state index contributed by atoms with van der Waals surface area (Å²) in [5, 5.41) is 5.88. The van der Waals surface area contributed by atoms with E-state index in [1.54, 1.807) is 0 Å². The number of hydrogen-bond donors (Lipinski definition) is 1. The van der Waals surface area contributed by atoms with Crippen LogP contribution in [0.3, 0.4) is 0 Å². The van der Waals surface area contributed by atoms with Gasteiger partial charge in [-0.2, -0.15) is 0 Å². The molecule has 126 valence electrons. The van der Waals surface area contributed by atoms with Crippen molar-refractivity contribution >= 4 is 16.7 Å². The standard InChI is InChI=1S/C21H26N2O/c24-21(17-12-13-22-14-17)23(19-9-2-3-10-19)15-18-8-5-7-16-6-1-4-11-20(16)18/h1,4-8,11,17,19,22H,2-3,9-10,12-15H2. The molecule has 0 aromatic heterocycles. The van der Waals surface area contributed by atoms with Crippen LogP contribution < -0.4 is 5.32 Å². The third-order valence-corrected chi connectivity index (χ3v) is 5.68. The van der Waals surface area contributed by atoms with E-state index in [-0.39, 0.29) is 5.92 Å². The molecule has 2 fully saturated rings. The van der Waals surface area contributed by atoms with E-state index >= 15 is 0 Å². The largest absolute Gasteiger partial charge is 0.335 e. The van der Waals surface area contributed by atoms with Crippen molar-refractivity contribution in [3.8, 4) is 0 Å². The van der Waals surface area contributed by atoms with Gasteiger partial charge in [-0.25, -0.2) is 0 Å². The van der Waals surface area contributed by atoms with Gasteiger partial charge in [-0.1, -0.05) is 55.3 Å². The van der Waals surface area contributed by atoms with Crippen LogP contribution in [0.1, 0.15) is 37.7 Å². The lowest BCUT2D eigenvalue weighted by Gasteiger charge is -2.31. The quantitative estimate of drug-likeness (QED) is 0.930. The second-order valence-electron chi connectivity index (χ2n) is 7.23. The lowest BCUT2D eigenvalue weighted by atomic mass is 10.0. The van der Waals surface area contributed by atoms with Crippen molar-refractivity contribution in [2.24, 2.45) is 5.92 Å². The Balaban J connectivity index is 1.64. The average molecular weight is 322 g/mol. The molecule has 0 bridgehead atoms. The van der Waals surface area contributed by atoms with E-state index in [9.17, 15) is 4.79 Å². The Hall–Kier alpha value is -1.87. The van der Waals surface area contributed by atoms with Crippen LogP contribution in [0.2, 0.25) is 0 Å². The van der Waals surface area contributed by atoms with Crippen LogP contribution in [0.25, 0.3) is 10.8 Å². The summed E-state index contributed by atoms with van der Waals surface area (Å²) in [6.45, 7) is 2.57. The molecule has 2 aromatic rings. The van der Waals surface area contributed by atoms with E-state index in [1.165, 1.54) is 29.2 Å². The zero-order valence-electron chi connectivity index (χ0n) is 14.2. The molecule has 1 saturated carbocycles. The molecule has 3 nitrogen and oxygen atoms in total. The Kier molecular flexibility index (Phi) is 4.52. The SMILES string of the molecule is O=C(C1CCNC1)N(Cc1cccc2ccccc12)C1CCCC1. The monoisotopic (exact) mass is 322 g/mol. The molecule has 1 saturated heterocycles. The van der Waals surface area contributed by atoms with Gasteiger partial charge in [-0.3, -0.25) is 4.79 Å². The number of fused-ring (bicyclic) bond motifs is 1. The fraction of sp³-hybridized carbons (Fsp3) is 0.476. The third-order valence-electron chi connectivity index (χ3n) is 5.68. The van der Waals surface area contributed by atoms with Gasteiger partial charge in [0.25, 0.3) is 0 Å². The van der Waals surface area contributed by atoms with Gasteiger partial charge in [0.2, 0.25) is 5.91 Å².